The van der Waals surface area contributed by atoms with Crippen LogP contribution in [0.25, 0.3) is 0 Å². The first-order chi connectivity index (χ1) is 6.11. The molecule has 0 unspecified atom stereocenters. The van der Waals surface area contributed by atoms with Gasteiger partial charge in [0.25, 0.3) is 0 Å². The molecule has 0 saturated carbocycles. The van der Waals surface area contributed by atoms with E-state index in [1.165, 1.54) is 4.68 Å². The second-order valence-electron chi connectivity index (χ2n) is 3.22. The third-order valence-electron chi connectivity index (χ3n) is 2.43. The topological polar surface area (TPSA) is 43.8 Å². The van der Waals surface area contributed by atoms with Crippen molar-refractivity contribution < 1.29 is 4.39 Å². The molecule has 0 bridgehead atoms. The fourth-order valence-corrected chi connectivity index (χ4v) is 1.47. The number of nitrogens with two attached hydrogens (primary N) is 1. The molecule has 0 aliphatic heterocycles. The highest BCUT2D eigenvalue weighted by Crippen LogP contribution is 2.26. The lowest BCUT2D eigenvalue weighted by molar-refractivity contribution is 0.550. The zero-order valence-corrected chi connectivity index (χ0v) is 8.34. The molecule has 3 nitrogen and oxygen atoms in total. The monoisotopic (exact) mass is 185 g/mol. The molecule has 0 spiro atoms. The second-order valence-corrected chi connectivity index (χ2v) is 3.22. The van der Waals surface area contributed by atoms with Gasteiger partial charge in [0.15, 0.2) is 11.6 Å². The summed E-state index contributed by atoms with van der Waals surface area (Å²) in [4.78, 5) is 0. The molecule has 0 atom stereocenters. The molecule has 0 amide bonds. The van der Waals surface area contributed by atoms with Crippen LogP contribution in [0.3, 0.4) is 0 Å². The predicted molar refractivity (Wildman–Crippen MR) is 50.9 cm³/mol. The van der Waals surface area contributed by atoms with Crippen molar-refractivity contribution in [3.05, 3.63) is 11.5 Å². The standard InChI is InChI=1S/C9H16FN3/c1-4-6(5-2)8-7(10)9(11)13(3)12-8/h6H,4-5,11H2,1-3H3. The Bertz CT molecular complexity index is 289. The van der Waals surface area contributed by atoms with Crippen LogP contribution in [0.2, 0.25) is 0 Å². The zero-order valence-electron chi connectivity index (χ0n) is 8.34. The molecule has 1 heterocycles. The lowest BCUT2D eigenvalue weighted by Crippen LogP contribution is -1.99. The van der Waals surface area contributed by atoms with Crippen molar-refractivity contribution in [2.24, 2.45) is 7.05 Å². The molecular weight excluding hydrogens is 169 g/mol. The van der Waals surface area contributed by atoms with Gasteiger partial charge in [-0.05, 0) is 12.8 Å². The summed E-state index contributed by atoms with van der Waals surface area (Å²) in [5, 5.41) is 4.07. The third-order valence-corrected chi connectivity index (χ3v) is 2.43. The van der Waals surface area contributed by atoms with E-state index in [4.69, 9.17) is 5.73 Å². The van der Waals surface area contributed by atoms with Gasteiger partial charge in [0, 0.05) is 13.0 Å². The molecule has 2 N–H and O–H groups in total. The van der Waals surface area contributed by atoms with Crippen molar-refractivity contribution in [3.63, 3.8) is 0 Å². The first-order valence-corrected chi connectivity index (χ1v) is 4.59. The van der Waals surface area contributed by atoms with E-state index >= 15 is 0 Å². The van der Waals surface area contributed by atoms with Gasteiger partial charge < -0.3 is 5.73 Å². The van der Waals surface area contributed by atoms with Gasteiger partial charge >= 0.3 is 0 Å². The van der Waals surface area contributed by atoms with E-state index in [0.29, 0.717) is 5.69 Å². The molecule has 1 aromatic heterocycles. The fourth-order valence-electron chi connectivity index (χ4n) is 1.47. The molecule has 0 aromatic carbocycles. The van der Waals surface area contributed by atoms with Crippen LogP contribution in [0.5, 0.6) is 0 Å². The Morgan fingerprint density at radius 2 is 2.00 bits per heavy atom. The molecular formula is C9H16FN3. The lowest BCUT2D eigenvalue weighted by atomic mass is 9.99. The first-order valence-electron chi connectivity index (χ1n) is 4.59. The fraction of sp³-hybridized carbons (Fsp3) is 0.667. The van der Waals surface area contributed by atoms with Gasteiger partial charge in [0.1, 0.15) is 5.69 Å². The number of aryl methyl sites for hydroxylation is 1. The second kappa shape index (κ2) is 3.77. The average molecular weight is 185 g/mol. The van der Waals surface area contributed by atoms with Crippen molar-refractivity contribution in [1.29, 1.82) is 0 Å². The van der Waals surface area contributed by atoms with E-state index in [-0.39, 0.29) is 17.6 Å². The predicted octanol–water partition coefficient (Wildman–Crippen LogP) is 2.04. The molecule has 0 radical (unpaired) electrons. The van der Waals surface area contributed by atoms with Crippen LogP contribution in [0.4, 0.5) is 10.2 Å². The van der Waals surface area contributed by atoms with Crippen molar-refractivity contribution in [2.75, 3.05) is 5.73 Å². The minimum absolute atomic E-state index is 0.127. The number of anilines is 1. The number of aromatic nitrogens is 2. The van der Waals surface area contributed by atoms with Gasteiger partial charge in [-0.25, -0.2) is 4.39 Å². The van der Waals surface area contributed by atoms with Gasteiger partial charge in [-0.3, -0.25) is 4.68 Å². The van der Waals surface area contributed by atoms with Crippen LogP contribution in [-0.4, -0.2) is 9.78 Å². The van der Waals surface area contributed by atoms with Crippen LogP contribution in [0.15, 0.2) is 0 Å². The minimum atomic E-state index is -0.351. The van der Waals surface area contributed by atoms with Crippen molar-refractivity contribution >= 4 is 5.82 Å². The molecule has 13 heavy (non-hydrogen) atoms. The lowest BCUT2D eigenvalue weighted by Gasteiger charge is -2.07. The van der Waals surface area contributed by atoms with Crippen LogP contribution in [0, 0.1) is 5.82 Å². The maximum absolute atomic E-state index is 13.4. The van der Waals surface area contributed by atoms with Crippen LogP contribution < -0.4 is 5.73 Å². The van der Waals surface area contributed by atoms with Gasteiger partial charge in [-0.2, -0.15) is 5.10 Å². The van der Waals surface area contributed by atoms with Crippen molar-refractivity contribution in [2.45, 2.75) is 32.6 Å². The molecule has 74 valence electrons. The maximum Gasteiger partial charge on any atom is 0.188 e. The number of nitrogen functional groups attached to an aromatic ring is 1. The summed E-state index contributed by atoms with van der Waals surface area (Å²) in [7, 11) is 1.66. The Hall–Kier alpha value is -1.06. The molecule has 0 fully saturated rings. The van der Waals surface area contributed by atoms with Crippen molar-refractivity contribution in [1.82, 2.24) is 9.78 Å². The van der Waals surface area contributed by atoms with Gasteiger partial charge in [0.2, 0.25) is 0 Å². The van der Waals surface area contributed by atoms with Gasteiger partial charge in [-0.15, -0.1) is 0 Å². The van der Waals surface area contributed by atoms with Gasteiger partial charge in [0.05, 0.1) is 0 Å². The largest absolute Gasteiger partial charge is 0.381 e. The summed E-state index contributed by atoms with van der Waals surface area (Å²) < 4.78 is 14.8. The van der Waals surface area contributed by atoms with E-state index in [2.05, 4.69) is 5.10 Å². The highest BCUT2D eigenvalue weighted by Gasteiger charge is 2.19. The highest BCUT2D eigenvalue weighted by atomic mass is 19.1. The number of hydrogen-bond donors (Lipinski definition) is 1. The van der Waals surface area contributed by atoms with E-state index in [1.807, 2.05) is 13.8 Å². The van der Waals surface area contributed by atoms with E-state index in [0.717, 1.165) is 12.8 Å². The Morgan fingerprint density at radius 1 is 1.46 bits per heavy atom. The number of rotatable bonds is 3. The summed E-state index contributed by atoms with van der Waals surface area (Å²) in [6.07, 6.45) is 1.79. The van der Waals surface area contributed by atoms with E-state index < -0.39 is 0 Å². The Morgan fingerprint density at radius 3 is 2.31 bits per heavy atom. The number of nitrogens with zero attached hydrogens (tertiary/aromatic N) is 2. The summed E-state index contributed by atoms with van der Waals surface area (Å²) >= 11 is 0. The van der Waals surface area contributed by atoms with Crippen LogP contribution >= 0.6 is 0 Å². The van der Waals surface area contributed by atoms with Crippen LogP contribution in [-0.2, 0) is 7.05 Å². The Labute approximate surface area is 77.7 Å². The molecule has 1 aromatic rings. The van der Waals surface area contributed by atoms with E-state index in [1.54, 1.807) is 7.05 Å². The minimum Gasteiger partial charge on any atom is -0.381 e. The molecule has 0 aliphatic carbocycles. The Balaban J connectivity index is 3.06. The molecule has 0 saturated heterocycles. The normalized spacial score (nSPS) is 11.2. The average Bonchev–Trinajstić information content (AvgIpc) is 2.36. The first kappa shape index (κ1) is 10.0. The number of halogens is 1. The SMILES string of the molecule is CCC(CC)c1nn(C)c(N)c1F. The summed E-state index contributed by atoms with van der Waals surface area (Å²) in [5.41, 5.74) is 5.98. The summed E-state index contributed by atoms with van der Waals surface area (Å²) in [5.74, 6) is -0.0402. The quantitative estimate of drug-likeness (QED) is 0.783. The van der Waals surface area contributed by atoms with Crippen LogP contribution in [0.1, 0.15) is 38.3 Å². The van der Waals surface area contributed by atoms with E-state index in [9.17, 15) is 4.39 Å². The van der Waals surface area contributed by atoms with Gasteiger partial charge in [-0.1, -0.05) is 13.8 Å². The molecule has 0 aliphatic rings. The highest BCUT2D eigenvalue weighted by molar-refractivity contribution is 5.34. The zero-order chi connectivity index (χ0) is 10.0. The Kier molecular flexibility index (Phi) is 2.90. The summed E-state index contributed by atoms with van der Waals surface area (Å²) in [6.45, 7) is 4.05. The van der Waals surface area contributed by atoms with Crippen molar-refractivity contribution in [3.8, 4) is 0 Å². The molecule has 4 heteroatoms. The molecule has 1 rings (SSSR count). The smallest absolute Gasteiger partial charge is 0.188 e. The number of hydrogen-bond acceptors (Lipinski definition) is 2. The summed E-state index contributed by atoms with van der Waals surface area (Å²) in [6, 6.07) is 0. The third kappa shape index (κ3) is 1.66. The maximum atomic E-state index is 13.4.